The largest absolute Gasteiger partial charge is 0.461 e. The van der Waals surface area contributed by atoms with Gasteiger partial charge in [0, 0.05) is 0 Å². The van der Waals surface area contributed by atoms with E-state index in [0.717, 1.165) is 0 Å². The van der Waals surface area contributed by atoms with E-state index in [1.165, 1.54) is 6.08 Å². The molecule has 0 radical (unpaired) electrons. The topological polar surface area (TPSA) is 114 Å². The Bertz CT molecular complexity index is 842. The molecule has 9 heteroatoms. The van der Waals surface area contributed by atoms with Crippen LogP contribution in [0.5, 0.6) is 0 Å². The molecule has 3 atom stereocenters. The lowest BCUT2D eigenvalue weighted by molar-refractivity contribution is -0.203. The highest BCUT2D eigenvalue weighted by Gasteiger charge is 2.51. The van der Waals surface area contributed by atoms with E-state index in [-0.39, 0.29) is 12.4 Å². The molecule has 1 aliphatic rings. The minimum absolute atomic E-state index is 0.0581. The van der Waals surface area contributed by atoms with Gasteiger partial charge in [-0.25, -0.2) is 0 Å². The van der Waals surface area contributed by atoms with Crippen molar-refractivity contribution in [3.8, 4) is 0 Å². The zero-order valence-electron chi connectivity index (χ0n) is 23.2. The van der Waals surface area contributed by atoms with Crippen LogP contribution in [0.1, 0.15) is 83.1 Å². The predicted octanol–water partition coefficient (Wildman–Crippen LogP) is 4.32. The molecule has 0 spiro atoms. The Morgan fingerprint density at radius 1 is 0.657 bits per heavy atom. The van der Waals surface area contributed by atoms with E-state index < -0.39 is 64.0 Å². The molecule has 1 fully saturated rings. The van der Waals surface area contributed by atoms with Gasteiger partial charge in [0.15, 0.2) is 0 Å². The van der Waals surface area contributed by atoms with Gasteiger partial charge >= 0.3 is 23.9 Å². The maximum absolute atomic E-state index is 12.8. The average Bonchev–Trinajstić information content (AvgIpc) is 2.95. The molecule has 0 amide bonds. The van der Waals surface area contributed by atoms with E-state index in [2.05, 4.69) is 0 Å². The van der Waals surface area contributed by atoms with Crippen LogP contribution < -0.4 is 0 Å². The molecule has 0 aromatic rings. The number of carbonyl (C=O) groups is 4. The summed E-state index contributed by atoms with van der Waals surface area (Å²) in [6, 6.07) is 0. The van der Waals surface area contributed by atoms with Crippen molar-refractivity contribution in [2.45, 2.75) is 102 Å². The lowest BCUT2D eigenvalue weighted by atomic mass is 9.96. The van der Waals surface area contributed by atoms with Gasteiger partial charge in [0.05, 0.1) is 21.7 Å². The lowest BCUT2D eigenvalue weighted by Gasteiger charge is -2.28. The second-order valence-corrected chi connectivity index (χ2v) is 12.8. The van der Waals surface area contributed by atoms with Crippen LogP contribution in [0.4, 0.5) is 0 Å². The molecule has 35 heavy (non-hydrogen) atoms. The standard InChI is InChI=1S/C26H42O9/c1-23(2,3)19(27)31-14-13-15-16(33-20(28)24(4,5)6)17(34-21(29)25(7,8)9)18(32-15)35-22(30)26(10,11)12/h13,16-18H,14H2,1-12H3/b15-13+/t16-,17+,18-/m0/s1. The fourth-order valence-corrected chi connectivity index (χ4v) is 2.36. The Morgan fingerprint density at radius 3 is 1.49 bits per heavy atom. The van der Waals surface area contributed by atoms with E-state index in [1.807, 2.05) is 0 Å². The van der Waals surface area contributed by atoms with Gasteiger partial charge in [0.1, 0.15) is 12.4 Å². The van der Waals surface area contributed by atoms with E-state index in [9.17, 15) is 19.2 Å². The minimum Gasteiger partial charge on any atom is -0.461 e. The monoisotopic (exact) mass is 498 g/mol. The summed E-state index contributed by atoms with van der Waals surface area (Å²) in [6.45, 7) is 20.0. The second kappa shape index (κ2) is 10.6. The number of ether oxygens (including phenoxy) is 5. The molecule has 1 aliphatic heterocycles. The minimum atomic E-state index is -1.37. The van der Waals surface area contributed by atoms with Crippen molar-refractivity contribution < 1.29 is 42.9 Å². The quantitative estimate of drug-likeness (QED) is 0.404. The van der Waals surface area contributed by atoms with Crippen molar-refractivity contribution >= 4 is 23.9 Å². The molecular formula is C26H42O9. The summed E-state index contributed by atoms with van der Waals surface area (Å²) < 4.78 is 28.0. The van der Waals surface area contributed by atoms with Crippen LogP contribution in [0.25, 0.3) is 0 Å². The molecule has 0 unspecified atom stereocenters. The van der Waals surface area contributed by atoms with Gasteiger partial charge in [0.25, 0.3) is 6.29 Å². The summed E-state index contributed by atoms with van der Waals surface area (Å²) in [4.78, 5) is 50.3. The fourth-order valence-electron chi connectivity index (χ4n) is 2.36. The van der Waals surface area contributed by atoms with Crippen LogP contribution in [0, 0.1) is 21.7 Å². The first-order valence-corrected chi connectivity index (χ1v) is 11.7. The first-order chi connectivity index (χ1) is 15.5. The molecule has 0 bridgehead atoms. The molecule has 0 saturated carbocycles. The van der Waals surface area contributed by atoms with Crippen LogP contribution in [-0.2, 0) is 42.9 Å². The van der Waals surface area contributed by atoms with Crippen LogP contribution in [0.2, 0.25) is 0 Å². The van der Waals surface area contributed by atoms with Gasteiger partial charge in [-0.2, -0.15) is 0 Å². The molecular weight excluding hydrogens is 456 g/mol. The summed E-state index contributed by atoms with van der Waals surface area (Å²) in [5.41, 5.74) is -3.34. The maximum Gasteiger partial charge on any atom is 0.314 e. The van der Waals surface area contributed by atoms with E-state index in [4.69, 9.17) is 23.7 Å². The summed E-state index contributed by atoms with van der Waals surface area (Å²) >= 11 is 0. The van der Waals surface area contributed by atoms with Crippen molar-refractivity contribution in [3.05, 3.63) is 11.8 Å². The van der Waals surface area contributed by atoms with Crippen molar-refractivity contribution in [3.63, 3.8) is 0 Å². The van der Waals surface area contributed by atoms with E-state index in [0.29, 0.717) is 0 Å². The Kier molecular flexibility index (Phi) is 9.21. The second-order valence-electron chi connectivity index (χ2n) is 12.8. The van der Waals surface area contributed by atoms with Gasteiger partial charge in [-0.3, -0.25) is 19.2 Å². The molecule has 9 nitrogen and oxygen atoms in total. The van der Waals surface area contributed by atoms with Gasteiger partial charge in [-0.15, -0.1) is 0 Å². The predicted molar refractivity (Wildman–Crippen MR) is 128 cm³/mol. The van der Waals surface area contributed by atoms with Crippen LogP contribution in [0.3, 0.4) is 0 Å². The highest BCUT2D eigenvalue weighted by atomic mass is 16.7. The summed E-state index contributed by atoms with van der Waals surface area (Å²) in [6.07, 6.45) is -2.43. The highest BCUT2D eigenvalue weighted by Crippen LogP contribution is 2.35. The van der Waals surface area contributed by atoms with Crippen LogP contribution in [-0.4, -0.2) is 49.0 Å². The Morgan fingerprint density at radius 2 is 1.06 bits per heavy atom. The highest BCUT2D eigenvalue weighted by molar-refractivity contribution is 5.78. The first kappa shape index (κ1) is 30.5. The molecule has 0 aromatic carbocycles. The number of carbonyl (C=O) groups excluding carboxylic acids is 4. The number of rotatable bonds is 5. The lowest BCUT2D eigenvalue weighted by Crippen LogP contribution is -2.44. The third-order valence-corrected chi connectivity index (χ3v) is 4.75. The molecule has 1 rings (SSSR count). The number of hydrogen-bond acceptors (Lipinski definition) is 9. The summed E-state index contributed by atoms with van der Waals surface area (Å²) in [7, 11) is 0. The number of hydrogen-bond donors (Lipinski definition) is 0. The molecule has 0 aliphatic carbocycles. The Hall–Kier alpha value is -2.58. The van der Waals surface area contributed by atoms with Crippen molar-refractivity contribution in [1.29, 1.82) is 0 Å². The van der Waals surface area contributed by atoms with Crippen molar-refractivity contribution in [1.82, 2.24) is 0 Å². The zero-order chi connectivity index (χ0) is 27.6. The van der Waals surface area contributed by atoms with E-state index >= 15 is 0 Å². The normalized spacial score (nSPS) is 22.3. The van der Waals surface area contributed by atoms with Gasteiger partial charge in [-0.1, -0.05) is 0 Å². The number of esters is 4. The Labute approximate surface area is 208 Å². The first-order valence-electron chi connectivity index (χ1n) is 11.7. The average molecular weight is 499 g/mol. The van der Waals surface area contributed by atoms with Gasteiger partial charge in [0.2, 0.25) is 12.2 Å². The molecule has 0 aromatic heterocycles. The zero-order valence-corrected chi connectivity index (χ0v) is 23.2. The third-order valence-electron chi connectivity index (χ3n) is 4.75. The van der Waals surface area contributed by atoms with Crippen LogP contribution >= 0.6 is 0 Å². The van der Waals surface area contributed by atoms with Crippen LogP contribution in [0.15, 0.2) is 11.8 Å². The summed E-state index contributed by atoms with van der Waals surface area (Å²) in [5.74, 6) is -2.16. The van der Waals surface area contributed by atoms with Gasteiger partial charge in [-0.05, 0) is 89.2 Å². The third kappa shape index (κ3) is 8.85. The smallest absolute Gasteiger partial charge is 0.314 e. The van der Waals surface area contributed by atoms with Crippen molar-refractivity contribution in [2.24, 2.45) is 21.7 Å². The maximum atomic E-state index is 12.8. The molecule has 200 valence electrons. The molecule has 1 saturated heterocycles. The molecule has 0 N–H and O–H groups in total. The SMILES string of the molecule is CC(C)(C)C(=O)OC/C=C1/O[C@@H](OC(=O)C(C)(C)C)[C@H](OC(=O)C(C)(C)C)[C@H]1OC(=O)C(C)(C)C. The van der Waals surface area contributed by atoms with Crippen molar-refractivity contribution in [2.75, 3.05) is 6.61 Å². The van der Waals surface area contributed by atoms with Gasteiger partial charge < -0.3 is 23.7 Å². The summed E-state index contributed by atoms with van der Waals surface area (Å²) in [5, 5.41) is 0. The van der Waals surface area contributed by atoms with E-state index in [1.54, 1.807) is 83.1 Å². The molecule has 1 heterocycles. The Balaban J connectivity index is 3.39. The fraction of sp³-hybridized carbons (Fsp3) is 0.769.